The molecular formula is C30H24N2. The van der Waals surface area contributed by atoms with Gasteiger partial charge >= 0.3 is 0 Å². The van der Waals surface area contributed by atoms with Crippen molar-refractivity contribution in [2.75, 3.05) is 5.32 Å². The van der Waals surface area contributed by atoms with Crippen molar-refractivity contribution < 1.29 is 0 Å². The van der Waals surface area contributed by atoms with Gasteiger partial charge in [-0.1, -0.05) is 78.9 Å². The highest BCUT2D eigenvalue weighted by atomic mass is 15.0. The fraction of sp³-hybridized carbons (Fsp3) is 0.0667. The Labute approximate surface area is 188 Å². The SMILES string of the molecule is C1=C(Nc2ccccc2)C(c2ccc3c4ccccc4n(-c4ccccc4)c3c2)=CCC1. The van der Waals surface area contributed by atoms with Crippen LogP contribution in [0.5, 0.6) is 0 Å². The highest BCUT2D eigenvalue weighted by molar-refractivity contribution is 6.10. The summed E-state index contributed by atoms with van der Waals surface area (Å²) < 4.78 is 2.38. The van der Waals surface area contributed by atoms with Crippen molar-refractivity contribution in [1.29, 1.82) is 0 Å². The standard InChI is InChI=1S/C30H24N2/c1-3-11-23(12-4-1)31-28-17-9-7-15-25(28)22-19-20-27-26-16-8-10-18-29(26)32(30(27)21-22)24-13-5-2-6-14-24/h1-6,8,10-21,31H,7,9H2. The second-order valence-corrected chi connectivity index (χ2v) is 8.22. The summed E-state index contributed by atoms with van der Waals surface area (Å²) in [4.78, 5) is 0. The molecule has 32 heavy (non-hydrogen) atoms. The molecule has 154 valence electrons. The fourth-order valence-electron chi connectivity index (χ4n) is 4.74. The lowest BCUT2D eigenvalue weighted by molar-refractivity contribution is 1.02. The van der Waals surface area contributed by atoms with Crippen molar-refractivity contribution in [2.24, 2.45) is 0 Å². The van der Waals surface area contributed by atoms with E-state index in [2.05, 4.69) is 119 Å². The van der Waals surface area contributed by atoms with Gasteiger partial charge in [-0.15, -0.1) is 0 Å². The molecule has 1 N–H and O–H groups in total. The van der Waals surface area contributed by atoms with Gasteiger partial charge in [0, 0.05) is 33.4 Å². The van der Waals surface area contributed by atoms with Crippen molar-refractivity contribution in [2.45, 2.75) is 12.8 Å². The van der Waals surface area contributed by atoms with Crippen LogP contribution in [0.2, 0.25) is 0 Å². The summed E-state index contributed by atoms with van der Waals surface area (Å²) in [6.45, 7) is 0. The summed E-state index contributed by atoms with van der Waals surface area (Å²) in [7, 11) is 0. The lowest BCUT2D eigenvalue weighted by Gasteiger charge is -2.19. The first-order chi connectivity index (χ1) is 15.9. The Morgan fingerprint density at radius 2 is 1.28 bits per heavy atom. The minimum absolute atomic E-state index is 1.06. The average molecular weight is 413 g/mol. The van der Waals surface area contributed by atoms with E-state index in [1.807, 2.05) is 6.07 Å². The van der Waals surface area contributed by atoms with Crippen molar-refractivity contribution >= 4 is 33.1 Å². The summed E-state index contributed by atoms with van der Waals surface area (Å²) in [6, 6.07) is 36.6. The van der Waals surface area contributed by atoms with Gasteiger partial charge in [-0.05, 0) is 54.8 Å². The Bertz CT molecular complexity index is 1470. The molecule has 0 amide bonds. The van der Waals surface area contributed by atoms with Crippen LogP contribution in [0.4, 0.5) is 5.69 Å². The highest BCUT2D eigenvalue weighted by Crippen LogP contribution is 2.36. The van der Waals surface area contributed by atoms with Crippen LogP contribution in [0.3, 0.4) is 0 Å². The van der Waals surface area contributed by atoms with Crippen molar-refractivity contribution in [3.63, 3.8) is 0 Å². The first-order valence-corrected chi connectivity index (χ1v) is 11.2. The third-order valence-corrected chi connectivity index (χ3v) is 6.21. The van der Waals surface area contributed by atoms with Crippen LogP contribution in [-0.4, -0.2) is 4.57 Å². The van der Waals surface area contributed by atoms with Crippen molar-refractivity contribution in [3.05, 3.63) is 127 Å². The molecule has 1 heterocycles. The summed E-state index contributed by atoms with van der Waals surface area (Å²) in [5.41, 5.74) is 8.47. The van der Waals surface area contributed by atoms with E-state index in [1.165, 1.54) is 44.3 Å². The second-order valence-electron chi connectivity index (χ2n) is 8.22. The van der Waals surface area contributed by atoms with Crippen LogP contribution in [0.1, 0.15) is 18.4 Å². The van der Waals surface area contributed by atoms with Crippen LogP contribution >= 0.6 is 0 Å². The molecule has 0 saturated heterocycles. The molecule has 0 atom stereocenters. The molecule has 2 nitrogen and oxygen atoms in total. The molecule has 5 aromatic rings. The third kappa shape index (κ3) is 3.21. The largest absolute Gasteiger partial charge is 0.355 e. The number of aromatic nitrogens is 1. The van der Waals surface area contributed by atoms with Gasteiger partial charge in [-0.2, -0.15) is 0 Å². The molecule has 4 aromatic carbocycles. The van der Waals surface area contributed by atoms with E-state index in [0.717, 1.165) is 18.5 Å². The van der Waals surface area contributed by atoms with Crippen LogP contribution in [0, 0.1) is 0 Å². The summed E-state index contributed by atoms with van der Waals surface area (Å²) in [5, 5.41) is 6.21. The van der Waals surface area contributed by atoms with Crippen LogP contribution in [-0.2, 0) is 0 Å². The zero-order valence-corrected chi connectivity index (χ0v) is 17.8. The minimum atomic E-state index is 1.06. The number of benzene rings is 4. The average Bonchev–Trinajstić information content (AvgIpc) is 3.19. The normalized spacial score (nSPS) is 13.8. The number of para-hydroxylation sites is 3. The number of rotatable bonds is 4. The number of anilines is 1. The Balaban J connectivity index is 1.51. The van der Waals surface area contributed by atoms with Crippen LogP contribution in [0.25, 0.3) is 33.1 Å². The third-order valence-electron chi connectivity index (χ3n) is 6.21. The number of nitrogens with zero attached hydrogens (tertiary/aromatic N) is 1. The lowest BCUT2D eigenvalue weighted by atomic mass is 9.95. The quantitative estimate of drug-likeness (QED) is 0.317. The van der Waals surface area contributed by atoms with E-state index >= 15 is 0 Å². The van der Waals surface area contributed by atoms with Gasteiger partial charge in [0.1, 0.15) is 0 Å². The predicted molar refractivity (Wildman–Crippen MR) is 136 cm³/mol. The Kier molecular flexibility index (Phi) is 4.62. The monoisotopic (exact) mass is 412 g/mol. The fourth-order valence-corrected chi connectivity index (χ4v) is 4.74. The topological polar surface area (TPSA) is 17.0 Å². The van der Waals surface area contributed by atoms with Crippen LogP contribution in [0.15, 0.2) is 121 Å². The van der Waals surface area contributed by atoms with E-state index in [-0.39, 0.29) is 0 Å². The summed E-state index contributed by atoms with van der Waals surface area (Å²) >= 11 is 0. The highest BCUT2D eigenvalue weighted by Gasteiger charge is 2.16. The molecule has 0 spiro atoms. The summed E-state index contributed by atoms with van der Waals surface area (Å²) in [5.74, 6) is 0. The maximum absolute atomic E-state index is 3.64. The number of fused-ring (bicyclic) bond motifs is 3. The van der Waals surface area contributed by atoms with Crippen molar-refractivity contribution in [3.8, 4) is 5.69 Å². The van der Waals surface area contributed by atoms with Gasteiger partial charge in [-0.25, -0.2) is 0 Å². The van der Waals surface area contributed by atoms with Gasteiger partial charge in [0.2, 0.25) is 0 Å². The molecule has 2 heteroatoms. The van der Waals surface area contributed by atoms with Gasteiger partial charge < -0.3 is 9.88 Å². The van der Waals surface area contributed by atoms with E-state index in [4.69, 9.17) is 0 Å². The molecular weight excluding hydrogens is 388 g/mol. The maximum atomic E-state index is 3.64. The summed E-state index contributed by atoms with van der Waals surface area (Å²) in [6.07, 6.45) is 6.81. The maximum Gasteiger partial charge on any atom is 0.0547 e. The van der Waals surface area contributed by atoms with E-state index < -0.39 is 0 Å². The molecule has 1 aliphatic carbocycles. The van der Waals surface area contributed by atoms with Gasteiger partial charge in [0.15, 0.2) is 0 Å². The molecule has 0 fully saturated rings. The molecule has 0 bridgehead atoms. The van der Waals surface area contributed by atoms with Crippen LogP contribution < -0.4 is 5.32 Å². The van der Waals surface area contributed by atoms with Gasteiger partial charge in [-0.3, -0.25) is 0 Å². The Morgan fingerprint density at radius 3 is 2.12 bits per heavy atom. The molecule has 1 aromatic heterocycles. The zero-order valence-electron chi connectivity index (χ0n) is 17.8. The molecule has 0 saturated carbocycles. The smallest absolute Gasteiger partial charge is 0.0547 e. The van der Waals surface area contributed by atoms with Gasteiger partial charge in [0.25, 0.3) is 0 Å². The zero-order chi connectivity index (χ0) is 21.3. The molecule has 1 aliphatic rings. The van der Waals surface area contributed by atoms with E-state index in [1.54, 1.807) is 0 Å². The molecule has 0 unspecified atom stereocenters. The Hall–Kier alpha value is -4.04. The number of nitrogens with one attached hydrogen (secondary N) is 1. The molecule has 6 rings (SSSR count). The molecule has 0 radical (unpaired) electrons. The molecule has 0 aliphatic heterocycles. The minimum Gasteiger partial charge on any atom is -0.355 e. The van der Waals surface area contributed by atoms with Crippen molar-refractivity contribution in [1.82, 2.24) is 4.57 Å². The number of allylic oxidation sites excluding steroid dienone is 3. The second kappa shape index (κ2) is 7.90. The first-order valence-electron chi connectivity index (χ1n) is 11.2. The van der Waals surface area contributed by atoms with E-state index in [9.17, 15) is 0 Å². The lowest BCUT2D eigenvalue weighted by Crippen LogP contribution is -2.05. The van der Waals surface area contributed by atoms with E-state index in [0.29, 0.717) is 0 Å². The first kappa shape index (κ1) is 18.7. The number of hydrogen-bond acceptors (Lipinski definition) is 1. The van der Waals surface area contributed by atoms with Gasteiger partial charge in [0.05, 0.1) is 11.0 Å². The number of hydrogen-bond donors (Lipinski definition) is 1. The Morgan fingerprint density at radius 1 is 0.594 bits per heavy atom. The predicted octanol–water partition coefficient (Wildman–Crippen LogP) is 7.96.